The van der Waals surface area contributed by atoms with Crippen molar-refractivity contribution < 1.29 is 13.9 Å². The number of nitrogens with zero attached hydrogens (tertiary/aromatic N) is 1. The average molecular weight is 251 g/mol. The van der Waals surface area contributed by atoms with Gasteiger partial charge in [-0.3, -0.25) is 0 Å². The van der Waals surface area contributed by atoms with E-state index in [1.165, 1.54) is 11.8 Å². The zero-order chi connectivity index (χ0) is 12.8. The molecule has 1 aromatic heterocycles. The molecule has 0 aromatic carbocycles. The summed E-state index contributed by atoms with van der Waals surface area (Å²) < 4.78 is 9.98. The van der Waals surface area contributed by atoms with Crippen LogP contribution >= 0.6 is 0 Å². The summed E-state index contributed by atoms with van der Waals surface area (Å²) in [7, 11) is 0. The molecule has 1 aliphatic heterocycles. The van der Waals surface area contributed by atoms with E-state index in [0.29, 0.717) is 19.2 Å². The minimum absolute atomic E-state index is 0.193. The fourth-order valence-electron chi connectivity index (χ4n) is 1.67. The number of esters is 1. The second kappa shape index (κ2) is 6.20. The van der Waals surface area contributed by atoms with Gasteiger partial charge < -0.3 is 19.8 Å². The molecule has 6 heteroatoms. The molecule has 1 aromatic rings. The van der Waals surface area contributed by atoms with E-state index in [-0.39, 0.29) is 5.69 Å². The Bertz CT molecular complexity index is 440. The highest BCUT2D eigenvalue weighted by Gasteiger charge is 2.13. The third kappa shape index (κ3) is 3.33. The molecule has 0 saturated heterocycles. The van der Waals surface area contributed by atoms with Crippen molar-refractivity contribution in [1.29, 1.82) is 0 Å². The van der Waals surface area contributed by atoms with E-state index in [4.69, 9.17) is 9.15 Å². The number of aromatic nitrogens is 1. The maximum atomic E-state index is 11.4. The number of nitrogens with one attached hydrogen (secondary N) is 2. The van der Waals surface area contributed by atoms with Crippen molar-refractivity contribution in [2.75, 3.05) is 31.6 Å². The number of rotatable bonds is 5. The Morgan fingerprint density at radius 1 is 1.67 bits per heavy atom. The fourth-order valence-corrected chi connectivity index (χ4v) is 1.67. The van der Waals surface area contributed by atoms with Crippen LogP contribution in [-0.4, -0.2) is 37.2 Å². The predicted octanol–water partition coefficient (Wildman–Crippen LogP) is 1.18. The molecular formula is C12H17N3O3. The van der Waals surface area contributed by atoms with Crippen LogP contribution in [0.2, 0.25) is 0 Å². The van der Waals surface area contributed by atoms with Gasteiger partial charge in [0.1, 0.15) is 6.26 Å². The first-order chi connectivity index (χ1) is 8.79. The highest BCUT2D eigenvalue weighted by molar-refractivity contribution is 5.87. The quantitative estimate of drug-likeness (QED) is 0.604. The van der Waals surface area contributed by atoms with Gasteiger partial charge in [-0.15, -0.1) is 0 Å². The number of carbonyl (C=O) groups is 1. The summed E-state index contributed by atoms with van der Waals surface area (Å²) in [6, 6.07) is 0.345. The second-order valence-electron chi connectivity index (χ2n) is 3.93. The van der Waals surface area contributed by atoms with E-state index in [9.17, 15) is 4.79 Å². The van der Waals surface area contributed by atoms with E-state index >= 15 is 0 Å². The summed E-state index contributed by atoms with van der Waals surface area (Å²) in [5.41, 5.74) is 1.50. The summed E-state index contributed by atoms with van der Waals surface area (Å²) in [6.45, 7) is 4.66. The molecule has 0 bridgehead atoms. The van der Waals surface area contributed by atoms with E-state index in [0.717, 1.165) is 19.5 Å². The Morgan fingerprint density at radius 2 is 2.56 bits per heavy atom. The molecular weight excluding hydrogens is 234 g/mol. The van der Waals surface area contributed by atoms with Crippen molar-refractivity contribution >= 4 is 12.0 Å². The molecule has 0 fully saturated rings. The van der Waals surface area contributed by atoms with Gasteiger partial charge in [0.15, 0.2) is 5.69 Å². The standard InChI is InChI=1S/C12H17N3O3/c1-2-17-11(16)10-8-18-12(15-10)14-7-9-3-5-13-6-4-9/h3,8,13H,2,4-7H2,1H3,(H,14,15). The third-order valence-electron chi connectivity index (χ3n) is 2.61. The fraction of sp³-hybridized carbons (Fsp3) is 0.500. The zero-order valence-corrected chi connectivity index (χ0v) is 10.4. The van der Waals surface area contributed by atoms with Crippen LogP contribution in [-0.2, 0) is 4.74 Å². The molecule has 0 amide bonds. The second-order valence-corrected chi connectivity index (χ2v) is 3.93. The van der Waals surface area contributed by atoms with Gasteiger partial charge in [-0.25, -0.2) is 4.79 Å². The maximum absolute atomic E-state index is 11.4. The first-order valence-corrected chi connectivity index (χ1v) is 6.04. The van der Waals surface area contributed by atoms with Crippen LogP contribution in [0.5, 0.6) is 0 Å². The van der Waals surface area contributed by atoms with Gasteiger partial charge in [0.05, 0.1) is 6.61 Å². The number of ether oxygens (including phenoxy) is 1. The number of oxazole rings is 1. The van der Waals surface area contributed by atoms with Crippen LogP contribution in [0.15, 0.2) is 22.3 Å². The van der Waals surface area contributed by atoms with E-state index in [1.807, 2.05) is 0 Å². The Morgan fingerprint density at radius 3 is 3.28 bits per heavy atom. The van der Waals surface area contributed by atoms with Crippen molar-refractivity contribution in [3.8, 4) is 0 Å². The SMILES string of the molecule is CCOC(=O)c1coc(NCC2=CCNCC2)n1. The summed E-state index contributed by atoms with van der Waals surface area (Å²) in [5.74, 6) is -0.463. The van der Waals surface area contributed by atoms with Gasteiger partial charge in [0.2, 0.25) is 0 Å². The predicted molar refractivity (Wildman–Crippen MR) is 66.5 cm³/mol. The number of anilines is 1. The first-order valence-electron chi connectivity index (χ1n) is 6.04. The maximum Gasteiger partial charge on any atom is 0.360 e. The number of hydrogen-bond donors (Lipinski definition) is 2. The van der Waals surface area contributed by atoms with Gasteiger partial charge in [-0.1, -0.05) is 11.6 Å². The first kappa shape index (κ1) is 12.6. The van der Waals surface area contributed by atoms with Gasteiger partial charge in [0.25, 0.3) is 6.01 Å². The van der Waals surface area contributed by atoms with Gasteiger partial charge in [0, 0.05) is 13.1 Å². The van der Waals surface area contributed by atoms with Crippen LogP contribution in [0.25, 0.3) is 0 Å². The lowest BCUT2D eigenvalue weighted by Gasteiger charge is -2.13. The molecule has 0 atom stereocenters. The summed E-state index contributed by atoms with van der Waals surface area (Å²) >= 11 is 0. The number of carbonyl (C=O) groups excluding carboxylic acids is 1. The largest absolute Gasteiger partial charge is 0.461 e. The minimum atomic E-state index is -0.463. The normalized spacial score (nSPS) is 15.1. The van der Waals surface area contributed by atoms with Crippen molar-refractivity contribution in [2.45, 2.75) is 13.3 Å². The van der Waals surface area contributed by atoms with Crippen molar-refractivity contribution in [3.63, 3.8) is 0 Å². The molecule has 0 saturated carbocycles. The van der Waals surface area contributed by atoms with Gasteiger partial charge in [-0.2, -0.15) is 4.98 Å². The summed E-state index contributed by atoms with van der Waals surface area (Å²) in [4.78, 5) is 15.4. The zero-order valence-electron chi connectivity index (χ0n) is 10.4. The Balaban J connectivity index is 1.86. The molecule has 0 unspecified atom stereocenters. The lowest BCUT2D eigenvalue weighted by molar-refractivity contribution is 0.0519. The topological polar surface area (TPSA) is 76.4 Å². The third-order valence-corrected chi connectivity index (χ3v) is 2.61. The molecule has 2 heterocycles. The lowest BCUT2D eigenvalue weighted by atomic mass is 10.1. The number of hydrogen-bond acceptors (Lipinski definition) is 6. The van der Waals surface area contributed by atoms with Crippen molar-refractivity contribution in [2.24, 2.45) is 0 Å². The molecule has 2 rings (SSSR count). The molecule has 18 heavy (non-hydrogen) atoms. The monoisotopic (exact) mass is 251 g/mol. The minimum Gasteiger partial charge on any atom is -0.461 e. The Labute approximate surface area is 105 Å². The molecule has 2 N–H and O–H groups in total. The lowest BCUT2D eigenvalue weighted by Crippen LogP contribution is -2.23. The van der Waals surface area contributed by atoms with Crippen LogP contribution in [0.3, 0.4) is 0 Å². The molecule has 98 valence electrons. The molecule has 6 nitrogen and oxygen atoms in total. The van der Waals surface area contributed by atoms with Crippen LogP contribution in [0.4, 0.5) is 6.01 Å². The van der Waals surface area contributed by atoms with E-state index in [2.05, 4.69) is 21.7 Å². The average Bonchev–Trinajstić information content (AvgIpc) is 2.87. The van der Waals surface area contributed by atoms with Crippen LogP contribution in [0, 0.1) is 0 Å². The van der Waals surface area contributed by atoms with E-state index < -0.39 is 5.97 Å². The summed E-state index contributed by atoms with van der Waals surface area (Å²) in [5, 5.41) is 6.29. The highest BCUT2D eigenvalue weighted by atomic mass is 16.5. The van der Waals surface area contributed by atoms with E-state index in [1.54, 1.807) is 6.92 Å². The highest BCUT2D eigenvalue weighted by Crippen LogP contribution is 2.11. The Kier molecular flexibility index (Phi) is 4.35. The Hall–Kier alpha value is -1.82. The molecule has 0 aliphatic carbocycles. The molecule has 0 spiro atoms. The van der Waals surface area contributed by atoms with Crippen LogP contribution in [0.1, 0.15) is 23.8 Å². The molecule has 1 aliphatic rings. The summed E-state index contributed by atoms with van der Waals surface area (Å²) in [6.07, 6.45) is 4.46. The van der Waals surface area contributed by atoms with Gasteiger partial charge >= 0.3 is 5.97 Å². The van der Waals surface area contributed by atoms with Crippen molar-refractivity contribution in [1.82, 2.24) is 10.3 Å². The smallest absolute Gasteiger partial charge is 0.360 e. The van der Waals surface area contributed by atoms with Crippen molar-refractivity contribution in [3.05, 3.63) is 23.6 Å². The van der Waals surface area contributed by atoms with Crippen LogP contribution < -0.4 is 10.6 Å². The molecule has 0 radical (unpaired) electrons. The van der Waals surface area contributed by atoms with Gasteiger partial charge in [-0.05, 0) is 19.9 Å².